The van der Waals surface area contributed by atoms with E-state index in [0.29, 0.717) is 6.54 Å². The van der Waals surface area contributed by atoms with E-state index in [1.807, 2.05) is 54.6 Å². The van der Waals surface area contributed by atoms with Gasteiger partial charge in [0.15, 0.2) is 0 Å². The lowest BCUT2D eigenvalue weighted by Gasteiger charge is -2.14. The van der Waals surface area contributed by atoms with Crippen molar-refractivity contribution in [3.05, 3.63) is 66.4 Å². The molecule has 0 radical (unpaired) electrons. The Bertz CT molecular complexity index is 692. The second-order valence-electron chi connectivity index (χ2n) is 4.67. The Balaban J connectivity index is 1.77. The van der Waals surface area contributed by atoms with Crippen molar-refractivity contribution < 1.29 is 0 Å². The molecule has 3 N–H and O–H groups in total. The van der Waals surface area contributed by atoms with Crippen LogP contribution >= 0.6 is 0 Å². The van der Waals surface area contributed by atoms with Gasteiger partial charge in [-0.05, 0) is 11.6 Å². The van der Waals surface area contributed by atoms with Gasteiger partial charge in [0.25, 0.3) is 0 Å². The smallest absolute Gasteiger partial charge is 0.0950 e. The van der Waals surface area contributed by atoms with Crippen LogP contribution in [0.3, 0.4) is 0 Å². The largest absolute Gasteiger partial charge is 0.381 e. The zero-order chi connectivity index (χ0) is 13.8. The summed E-state index contributed by atoms with van der Waals surface area (Å²) >= 11 is 0. The molecule has 0 saturated heterocycles. The van der Waals surface area contributed by atoms with Crippen LogP contribution in [0.5, 0.6) is 0 Å². The first kappa shape index (κ1) is 12.6. The van der Waals surface area contributed by atoms with E-state index in [4.69, 9.17) is 5.73 Å². The van der Waals surface area contributed by atoms with E-state index < -0.39 is 0 Å². The zero-order valence-corrected chi connectivity index (χ0v) is 11.0. The fourth-order valence-corrected chi connectivity index (χ4v) is 2.19. The highest BCUT2D eigenvalue weighted by Crippen LogP contribution is 2.20. The maximum atomic E-state index is 6.19. The molecule has 0 aliphatic carbocycles. The second kappa shape index (κ2) is 5.67. The van der Waals surface area contributed by atoms with Crippen LogP contribution in [-0.2, 0) is 0 Å². The fourth-order valence-electron chi connectivity index (χ4n) is 2.19. The lowest BCUT2D eigenvalue weighted by molar-refractivity contribution is 0.764. The molecule has 100 valence electrons. The van der Waals surface area contributed by atoms with Gasteiger partial charge in [0, 0.05) is 18.0 Å². The number of hydrogen-bond donors (Lipinski definition) is 2. The third-order valence-electron chi connectivity index (χ3n) is 3.29. The first-order chi connectivity index (χ1) is 9.84. The summed E-state index contributed by atoms with van der Waals surface area (Å²) in [6.07, 6.45) is 1.74. The molecule has 0 aliphatic heterocycles. The molecule has 1 atom stereocenters. The third kappa shape index (κ3) is 2.60. The predicted molar refractivity (Wildman–Crippen MR) is 81.4 cm³/mol. The lowest BCUT2D eigenvalue weighted by atomic mass is 10.1. The van der Waals surface area contributed by atoms with Crippen molar-refractivity contribution in [2.24, 2.45) is 5.73 Å². The molecule has 3 aromatic rings. The summed E-state index contributed by atoms with van der Waals surface area (Å²) in [7, 11) is 0. The van der Waals surface area contributed by atoms with Gasteiger partial charge in [0.1, 0.15) is 0 Å². The second-order valence-corrected chi connectivity index (χ2v) is 4.67. The summed E-state index contributed by atoms with van der Waals surface area (Å²) in [5.41, 5.74) is 9.15. The van der Waals surface area contributed by atoms with Crippen LogP contribution in [0.15, 0.2) is 60.8 Å². The van der Waals surface area contributed by atoms with Crippen LogP contribution in [0, 0.1) is 0 Å². The van der Waals surface area contributed by atoms with Crippen LogP contribution in [-0.4, -0.2) is 16.7 Å². The van der Waals surface area contributed by atoms with Crippen molar-refractivity contribution in [1.82, 2.24) is 10.2 Å². The van der Waals surface area contributed by atoms with E-state index in [1.54, 1.807) is 6.20 Å². The SMILES string of the molecule is NC(CNc1cnnc2ccccc12)c1ccccc1. The van der Waals surface area contributed by atoms with Gasteiger partial charge in [0.2, 0.25) is 0 Å². The van der Waals surface area contributed by atoms with Gasteiger partial charge in [-0.25, -0.2) is 0 Å². The first-order valence-electron chi connectivity index (χ1n) is 6.59. The number of nitrogens with two attached hydrogens (primary N) is 1. The Hall–Kier alpha value is -2.46. The summed E-state index contributed by atoms with van der Waals surface area (Å²) in [6, 6.07) is 17.9. The van der Waals surface area contributed by atoms with Crippen molar-refractivity contribution in [1.29, 1.82) is 0 Å². The number of hydrogen-bond acceptors (Lipinski definition) is 4. The molecule has 4 heteroatoms. The molecule has 3 rings (SSSR count). The highest BCUT2D eigenvalue weighted by molar-refractivity contribution is 5.90. The molecular weight excluding hydrogens is 248 g/mol. The van der Waals surface area contributed by atoms with E-state index in [-0.39, 0.29) is 6.04 Å². The van der Waals surface area contributed by atoms with Gasteiger partial charge in [0.05, 0.1) is 17.4 Å². The van der Waals surface area contributed by atoms with Gasteiger partial charge in [-0.1, -0.05) is 48.5 Å². The van der Waals surface area contributed by atoms with Gasteiger partial charge < -0.3 is 11.1 Å². The van der Waals surface area contributed by atoms with E-state index in [1.165, 1.54) is 0 Å². The molecule has 0 bridgehead atoms. The molecular formula is C16H16N4. The zero-order valence-electron chi connectivity index (χ0n) is 11.0. The molecule has 0 saturated carbocycles. The van der Waals surface area contributed by atoms with E-state index in [2.05, 4.69) is 15.5 Å². The molecule has 2 aromatic carbocycles. The average molecular weight is 264 g/mol. The maximum Gasteiger partial charge on any atom is 0.0950 e. The highest BCUT2D eigenvalue weighted by atomic mass is 15.1. The minimum atomic E-state index is -0.0527. The van der Waals surface area contributed by atoms with Crippen molar-refractivity contribution in [3.8, 4) is 0 Å². The number of benzene rings is 2. The van der Waals surface area contributed by atoms with Gasteiger partial charge in [-0.2, -0.15) is 10.2 Å². The molecule has 1 heterocycles. The summed E-state index contributed by atoms with van der Waals surface area (Å²) < 4.78 is 0. The Morgan fingerprint density at radius 3 is 2.60 bits per heavy atom. The summed E-state index contributed by atoms with van der Waals surface area (Å²) in [5, 5.41) is 12.5. The molecule has 0 amide bonds. The first-order valence-corrected chi connectivity index (χ1v) is 6.59. The van der Waals surface area contributed by atoms with Gasteiger partial charge in [-0.15, -0.1) is 0 Å². The molecule has 20 heavy (non-hydrogen) atoms. The number of anilines is 1. The minimum Gasteiger partial charge on any atom is -0.381 e. The summed E-state index contributed by atoms with van der Waals surface area (Å²) in [5.74, 6) is 0. The Morgan fingerprint density at radius 1 is 1.00 bits per heavy atom. The summed E-state index contributed by atoms with van der Waals surface area (Å²) in [6.45, 7) is 0.652. The Labute approximate surface area is 117 Å². The van der Waals surface area contributed by atoms with E-state index in [0.717, 1.165) is 22.2 Å². The number of nitrogens with zero attached hydrogens (tertiary/aromatic N) is 2. The van der Waals surface area contributed by atoms with Crippen LogP contribution < -0.4 is 11.1 Å². The van der Waals surface area contributed by atoms with Gasteiger partial charge in [-0.3, -0.25) is 0 Å². The van der Waals surface area contributed by atoms with Crippen LogP contribution in [0.25, 0.3) is 10.9 Å². The fraction of sp³-hybridized carbons (Fsp3) is 0.125. The molecule has 1 aromatic heterocycles. The highest BCUT2D eigenvalue weighted by Gasteiger charge is 2.07. The molecule has 4 nitrogen and oxygen atoms in total. The third-order valence-corrected chi connectivity index (χ3v) is 3.29. The summed E-state index contributed by atoms with van der Waals surface area (Å²) in [4.78, 5) is 0. The lowest BCUT2D eigenvalue weighted by Crippen LogP contribution is -2.20. The standard InChI is InChI=1S/C16H16N4/c17-14(12-6-2-1-3-7-12)10-18-16-11-19-20-15-9-5-4-8-13(15)16/h1-9,11,14H,10,17H2,(H,18,20). The maximum absolute atomic E-state index is 6.19. The Morgan fingerprint density at radius 2 is 1.75 bits per heavy atom. The van der Waals surface area contributed by atoms with Crippen molar-refractivity contribution in [2.75, 3.05) is 11.9 Å². The molecule has 0 aliphatic rings. The van der Waals surface area contributed by atoms with Crippen LogP contribution in [0.1, 0.15) is 11.6 Å². The van der Waals surface area contributed by atoms with E-state index >= 15 is 0 Å². The van der Waals surface area contributed by atoms with Crippen LogP contribution in [0.2, 0.25) is 0 Å². The van der Waals surface area contributed by atoms with E-state index in [9.17, 15) is 0 Å². The monoisotopic (exact) mass is 264 g/mol. The van der Waals surface area contributed by atoms with Gasteiger partial charge >= 0.3 is 0 Å². The topological polar surface area (TPSA) is 63.8 Å². The van der Waals surface area contributed by atoms with Crippen LogP contribution in [0.4, 0.5) is 5.69 Å². The molecule has 0 spiro atoms. The quantitative estimate of drug-likeness (QED) is 0.760. The average Bonchev–Trinajstić information content (AvgIpc) is 2.53. The molecule has 1 unspecified atom stereocenters. The van der Waals surface area contributed by atoms with Crippen molar-refractivity contribution in [2.45, 2.75) is 6.04 Å². The van der Waals surface area contributed by atoms with Crippen molar-refractivity contribution >= 4 is 16.6 Å². The minimum absolute atomic E-state index is 0.0527. The predicted octanol–water partition coefficient (Wildman–Crippen LogP) is 2.74. The normalized spacial score (nSPS) is 12.2. The van der Waals surface area contributed by atoms with Crippen molar-refractivity contribution in [3.63, 3.8) is 0 Å². The number of aromatic nitrogens is 2. The number of fused-ring (bicyclic) bond motifs is 1. The molecule has 0 fully saturated rings. The number of rotatable bonds is 4. The Kier molecular flexibility index (Phi) is 3.56. The number of nitrogens with one attached hydrogen (secondary N) is 1.